The van der Waals surface area contributed by atoms with Gasteiger partial charge in [-0.15, -0.1) is 0 Å². The van der Waals surface area contributed by atoms with Gasteiger partial charge < -0.3 is 5.32 Å². The second kappa shape index (κ2) is 6.05. The Labute approximate surface area is 116 Å². The lowest BCUT2D eigenvalue weighted by molar-refractivity contribution is 0.455. The number of nitrogens with zero attached hydrogens (tertiary/aromatic N) is 1. The number of para-hydroxylation sites is 1. The SMILES string of the molecule is Cc1c(NCC(C)CC(C)C)cnc2ccccc12. The Morgan fingerprint density at radius 3 is 2.63 bits per heavy atom. The summed E-state index contributed by atoms with van der Waals surface area (Å²) >= 11 is 0. The van der Waals surface area contributed by atoms with E-state index in [0.717, 1.165) is 23.7 Å². The first-order valence-electron chi connectivity index (χ1n) is 7.16. The van der Waals surface area contributed by atoms with E-state index < -0.39 is 0 Å². The highest BCUT2D eigenvalue weighted by atomic mass is 14.9. The Morgan fingerprint density at radius 2 is 1.89 bits per heavy atom. The molecule has 0 radical (unpaired) electrons. The molecular weight excluding hydrogens is 232 g/mol. The van der Waals surface area contributed by atoms with E-state index in [0.29, 0.717) is 5.92 Å². The highest BCUT2D eigenvalue weighted by Crippen LogP contribution is 2.23. The molecule has 1 heterocycles. The second-order valence-electron chi connectivity index (χ2n) is 5.93. The van der Waals surface area contributed by atoms with Crippen molar-refractivity contribution in [3.63, 3.8) is 0 Å². The van der Waals surface area contributed by atoms with Crippen LogP contribution in [-0.4, -0.2) is 11.5 Å². The van der Waals surface area contributed by atoms with Crippen LogP contribution in [0.1, 0.15) is 32.8 Å². The molecular formula is C17H24N2. The van der Waals surface area contributed by atoms with E-state index in [-0.39, 0.29) is 0 Å². The minimum atomic E-state index is 0.686. The highest BCUT2D eigenvalue weighted by molar-refractivity contribution is 5.86. The minimum absolute atomic E-state index is 0.686. The Balaban J connectivity index is 2.11. The van der Waals surface area contributed by atoms with Gasteiger partial charge in [0.05, 0.1) is 17.4 Å². The van der Waals surface area contributed by atoms with Crippen molar-refractivity contribution in [3.8, 4) is 0 Å². The van der Waals surface area contributed by atoms with E-state index in [1.54, 1.807) is 0 Å². The van der Waals surface area contributed by atoms with Gasteiger partial charge in [-0.1, -0.05) is 39.0 Å². The number of pyridine rings is 1. The fourth-order valence-electron chi connectivity index (χ4n) is 2.63. The van der Waals surface area contributed by atoms with Crippen molar-refractivity contribution < 1.29 is 0 Å². The predicted molar refractivity (Wildman–Crippen MR) is 83.6 cm³/mol. The summed E-state index contributed by atoms with van der Waals surface area (Å²) in [6, 6.07) is 8.31. The van der Waals surface area contributed by atoms with Gasteiger partial charge in [-0.3, -0.25) is 4.98 Å². The van der Waals surface area contributed by atoms with Gasteiger partial charge in [0, 0.05) is 11.9 Å². The molecule has 1 aromatic carbocycles. The van der Waals surface area contributed by atoms with E-state index in [9.17, 15) is 0 Å². The number of nitrogens with one attached hydrogen (secondary N) is 1. The molecule has 1 unspecified atom stereocenters. The third-order valence-electron chi connectivity index (χ3n) is 3.56. The van der Waals surface area contributed by atoms with Gasteiger partial charge in [-0.05, 0) is 36.8 Å². The van der Waals surface area contributed by atoms with Crippen molar-refractivity contribution in [1.82, 2.24) is 4.98 Å². The van der Waals surface area contributed by atoms with Crippen LogP contribution in [0.25, 0.3) is 10.9 Å². The van der Waals surface area contributed by atoms with Gasteiger partial charge >= 0.3 is 0 Å². The summed E-state index contributed by atoms with van der Waals surface area (Å²) in [5.74, 6) is 1.44. The fraction of sp³-hybridized carbons (Fsp3) is 0.471. The number of hydrogen-bond acceptors (Lipinski definition) is 2. The van der Waals surface area contributed by atoms with Crippen LogP contribution in [0, 0.1) is 18.8 Å². The summed E-state index contributed by atoms with van der Waals surface area (Å²) in [4.78, 5) is 4.52. The normalized spacial score (nSPS) is 12.9. The van der Waals surface area contributed by atoms with Crippen molar-refractivity contribution in [1.29, 1.82) is 0 Å². The zero-order valence-electron chi connectivity index (χ0n) is 12.4. The van der Waals surface area contributed by atoms with Crippen molar-refractivity contribution in [3.05, 3.63) is 36.0 Å². The number of aromatic nitrogens is 1. The van der Waals surface area contributed by atoms with Crippen LogP contribution < -0.4 is 5.32 Å². The average molecular weight is 256 g/mol. The van der Waals surface area contributed by atoms with Crippen LogP contribution >= 0.6 is 0 Å². The topological polar surface area (TPSA) is 24.9 Å². The number of rotatable bonds is 5. The molecule has 0 saturated heterocycles. The van der Waals surface area contributed by atoms with Gasteiger partial charge in [0.2, 0.25) is 0 Å². The lowest BCUT2D eigenvalue weighted by Gasteiger charge is -2.17. The first kappa shape index (κ1) is 13.9. The van der Waals surface area contributed by atoms with E-state index in [4.69, 9.17) is 0 Å². The van der Waals surface area contributed by atoms with Crippen LogP contribution in [0.3, 0.4) is 0 Å². The molecule has 2 nitrogen and oxygen atoms in total. The third-order valence-corrected chi connectivity index (χ3v) is 3.56. The summed E-state index contributed by atoms with van der Waals surface area (Å²) in [6.07, 6.45) is 3.22. The summed E-state index contributed by atoms with van der Waals surface area (Å²) in [5.41, 5.74) is 3.53. The monoisotopic (exact) mass is 256 g/mol. The standard InChI is InChI=1S/C17H24N2/c1-12(2)9-13(3)10-18-17-11-19-16-8-6-5-7-15(16)14(17)4/h5-8,11-13,18H,9-10H2,1-4H3. The average Bonchev–Trinajstić information content (AvgIpc) is 2.37. The number of anilines is 1. The van der Waals surface area contributed by atoms with Crippen LogP contribution in [0.2, 0.25) is 0 Å². The van der Waals surface area contributed by atoms with Gasteiger partial charge in [0.1, 0.15) is 0 Å². The number of aryl methyl sites for hydroxylation is 1. The van der Waals surface area contributed by atoms with Gasteiger partial charge in [0.25, 0.3) is 0 Å². The molecule has 0 aliphatic rings. The van der Waals surface area contributed by atoms with Crippen molar-refractivity contribution >= 4 is 16.6 Å². The van der Waals surface area contributed by atoms with Crippen LogP contribution in [0.15, 0.2) is 30.5 Å². The summed E-state index contributed by atoms with van der Waals surface area (Å²) in [7, 11) is 0. The lowest BCUT2D eigenvalue weighted by atomic mass is 9.99. The molecule has 0 saturated carbocycles. The van der Waals surface area contributed by atoms with Gasteiger partial charge in [-0.25, -0.2) is 0 Å². The summed E-state index contributed by atoms with van der Waals surface area (Å²) < 4.78 is 0. The summed E-state index contributed by atoms with van der Waals surface area (Å²) in [5, 5.41) is 4.79. The van der Waals surface area contributed by atoms with Crippen LogP contribution in [0.5, 0.6) is 0 Å². The summed E-state index contributed by atoms with van der Waals surface area (Å²) in [6.45, 7) is 10.0. The molecule has 0 aliphatic heterocycles. The second-order valence-corrected chi connectivity index (χ2v) is 5.93. The molecule has 1 atom stereocenters. The minimum Gasteiger partial charge on any atom is -0.383 e. The smallest absolute Gasteiger partial charge is 0.0706 e. The lowest BCUT2D eigenvalue weighted by Crippen LogP contribution is -2.14. The highest BCUT2D eigenvalue weighted by Gasteiger charge is 2.07. The first-order valence-corrected chi connectivity index (χ1v) is 7.16. The molecule has 2 rings (SSSR count). The van der Waals surface area contributed by atoms with E-state index in [2.05, 4.69) is 56.2 Å². The molecule has 2 aromatic rings. The number of fused-ring (bicyclic) bond motifs is 1. The maximum atomic E-state index is 4.52. The van der Waals surface area contributed by atoms with E-state index in [1.807, 2.05) is 12.3 Å². The Kier molecular flexibility index (Phi) is 4.41. The fourth-order valence-corrected chi connectivity index (χ4v) is 2.63. The molecule has 0 amide bonds. The molecule has 102 valence electrons. The molecule has 0 spiro atoms. The van der Waals surface area contributed by atoms with Crippen molar-refractivity contribution in [2.45, 2.75) is 34.1 Å². The van der Waals surface area contributed by atoms with Crippen molar-refractivity contribution in [2.75, 3.05) is 11.9 Å². The van der Waals surface area contributed by atoms with Crippen molar-refractivity contribution in [2.24, 2.45) is 11.8 Å². The number of benzene rings is 1. The number of hydrogen-bond donors (Lipinski definition) is 1. The van der Waals surface area contributed by atoms with Crippen LogP contribution in [-0.2, 0) is 0 Å². The van der Waals surface area contributed by atoms with Gasteiger partial charge in [-0.2, -0.15) is 0 Å². The first-order chi connectivity index (χ1) is 9.08. The zero-order valence-corrected chi connectivity index (χ0v) is 12.4. The Morgan fingerprint density at radius 1 is 1.16 bits per heavy atom. The molecule has 2 heteroatoms. The molecule has 1 aromatic heterocycles. The molecule has 0 fully saturated rings. The zero-order chi connectivity index (χ0) is 13.8. The molecule has 0 bridgehead atoms. The predicted octanol–water partition coefficient (Wildman–Crippen LogP) is 4.64. The molecule has 1 N–H and O–H groups in total. The van der Waals surface area contributed by atoms with Crippen LogP contribution in [0.4, 0.5) is 5.69 Å². The Bertz CT molecular complexity index is 546. The molecule has 19 heavy (non-hydrogen) atoms. The third kappa shape index (κ3) is 3.46. The molecule has 0 aliphatic carbocycles. The quantitative estimate of drug-likeness (QED) is 0.843. The largest absolute Gasteiger partial charge is 0.383 e. The van der Waals surface area contributed by atoms with E-state index in [1.165, 1.54) is 17.4 Å². The maximum Gasteiger partial charge on any atom is 0.0706 e. The Hall–Kier alpha value is -1.57. The maximum absolute atomic E-state index is 4.52. The van der Waals surface area contributed by atoms with Gasteiger partial charge in [0.15, 0.2) is 0 Å². The van der Waals surface area contributed by atoms with E-state index >= 15 is 0 Å².